The number of methoxy groups -OCH3 is 1. The number of nitriles is 1. The van der Waals surface area contributed by atoms with Gasteiger partial charge in [0, 0.05) is 11.8 Å². The lowest BCUT2D eigenvalue weighted by molar-refractivity contribution is 0.415. The minimum absolute atomic E-state index is 0.577. The zero-order chi connectivity index (χ0) is 16.8. The van der Waals surface area contributed by atoms with Gasteiger partial charge in [0.25, 0.3) is 0 Å². The summed E-state index contributed by atoms with van der Waals surface area (Å²) in [5.41, 5.74) is 4.01. The lowest BCUT2D eigenvalue weighted by atomic mass is 10.00. The van der Waals surface area contributed by atoms with Gasteiger partial charge in [-0.1, -0.05) is 24.1 Å². The van der Waals surface area contributed by atoms with Crippen LogP contribution in [0.25, 0.3) is 11.1 Å². The molecule has 0 aliphatic carbocycles. The second-order valence-corrected chi connectivity index (χ2v) is 5.10. The van der Waals surface area contributed by atoms with Gasteiger partial charge in [0.05, 0.1) is 18.7 Å². The van der Waals surface area contributed by atoms with E-state index in [9.17, 15) is 5.26 Å². The van der Waals surface area contributed by atoms with Crippen LogP contribution in [0.5, 0.6) is 5.75 Å². The van der Waals surface area contributed by atoms with Gasteiger partial charge in [-0.3, -0.25) is 0 Å². The summed E-state index contributed by atoms with van der Waals surface area (Å²) >= 11 is 0. The first-order valence-electron chi connectivity index (χ1n) is 7.41. The van der Waals surface area contributed by atoms with Gasteiger partial charge in [0.2, 0.25) is 0 Å². The summed E-state index contributed by atoms with van der Waals surface area (Å²) in [6.07, 6.45) is 1.71. The van der Waals surface area contributed by atoms with Crippen molar-refractivity contribution in [2.45, 2.75) is 0 Å². The third kappa shape index (κ3) is 3.61. The molecule has 0 amide bonds. The first-order valence-corrected chi connectivity index (χ1v) is 7.41. The van der Waals surface area contributed by atoms with E-state index in [-0.39, 0.29) is 0 Å². The molecule has 24 heavy (non-hydrogen) atoms. The van der Waals surface area contributed by atoms with E-state index in [1.54, 1.807) is 19.4 Å². The molecule has 0 saturated carbocycles. The number of nitrogens with zero attached hydrogens (tertiary/aromatic N) is 2. The van der Waals surface area contributed by atoms with Gasteiger partial charge < -0.3 is 4.74 Å². The molecule has 0 aliphatic heterocycles. The maximum absolute atomic E-state index is 9.27. The van der Waals surface area contributed by atoms with E-state index in [0.717, 1.165) is 22.4 Å². The van der Waals surface area contributed by atoms with E-state index in [4.69, 9.17) is 4.74 Å². The highest BCUT2D eigenvalue weighted by Gasteiger charge is 2.03. The molecule has 1 aromatic heterocycles. The van der Waals surface area contributed by atoms with E-state index in [1.165, 1.54) is 0 Å². The molecule has 0 saturated heterocycles. The SMILES string of the molecule is COc1ccc(-c2cc(C#N)cc(C#Cc3ccccn3)c2)cc1. The normalized spacial score (nSPS) is 9.50. The summed E-state index contributed by atoms with van der Waals surface area (Å²) in [4.78, 5) is 4.18. The summed E-state index contributed by atoms with van der Waals surface area (Å²) in [7, 11) is 1.64. The molecule has 3 nitrogen and oxygen atoms in total. The van der Waals surface area contributed by atoms with Crippen LogP contribution < -0.4 is 4.74 Å². The van der Waals surface area contributed by atoms with Crippen molar-refractivity contribution in [3.8, 4) is 34.8 Å². The van der Waals surface area contributed by atoms with Crippen LogP contribution in [0.2, 0.25) is 0 Å². The molecule has 0 spiro atoms. The van der Waals surface area contributed by atoms with Gasteiger partial charge in [-0.25, -0.2) is 4.98 Å². The Morgan fingerprint density at radius 3 is 2.33 bits per heavy atom. The summed E-state index contributed by atoms with van der Waals surface area (Å²) in [5, 5.41) is 9.27. The average molecular weight is 310 g/mol. The van der Waals surface area contributed by atoms with Crippen LogP contribution >= 0.6 is 0 Å². The first kappa shape index (κ1) is 15.3. The van der Waals surface area contributed by atoms with Gasteiger partial charge in [0.15, 0.2) is 0 Å². The minimum Gasteiger partial charge on any atom is -0.497 e. The highest BCUT2D eigenvalue weighted by Crippen LogP contribution is 2.24. The maximum atomic E-state index is 9.27. The fourth-order valence-corrected chi connectivity index (χ4v) is 2.29. The third-order valence-corrected chi connectivity index (χ3v) is 3.49. The topological polar surface area (TPSA) is 45.9 Å². The number of aromatic nitrogens is 1. The number of benzene rings is 2. The molecule has 3 rings (SSSR count). The van der Waals surface area contributed by atoms with Crippen molar-refractivity contribution in [1.82, 2.24) is 4.98 Å². The van der Waals surface area contributed by atoms with Crippen LogP contribution in [0.15, 0.2) is 66.9 Å². The lowest BCUT2D eigenvalue weighted by Gasteiger charge is -2.05. The molecule has 114 valence electrons. The monoisotopic (exact) mass is 310 g/mol. The molecule has 3 heteroatoms. The van der Waals surface area contributed by atoms with E-state index in [1.807, 2.05) is 54.6 Å². The molecule has 0 atom stereocenters. The lowest BCUT2D eigenvalue weighted by Crippen LogP contribution is -1.86. The molecular weight excluding hydrogens is 296 g/mol. The Morgan fingerprint density at radius 1 is 0.875 bits per heavy atom. The van der Waals surface area contributed by atoms with Crippen molar-refractivity contribution in [1.29, 1.82) is 5.26 Å². The van der Waals surface area contributed by atoms with Crippen LogP contribution in [0, 0.1) is 23.2 Å². The Labute approximate surface area is 141 Å². The van der Waals surface area contributed by atoms with E-state index in [2.05, 4.69) is 22.9 Å². The standard InChI is InChI=1S/C21H14N2O/c1-24-21-9-6-18(7-10-21)19-13-16(12-17(14-19)15-22)5-8-20-4-2-3-11-23-20/h2-4,6-7,9-14H,1H3. The molecule has 0 aliphatic rings. The first-order chi connectivity index (χ1) is 11.8. The largest absolute Gasteiger partial charge is 0.497 e. The second-order valence-electron chi connectivity index (χ2n) is 5.10. The molecule has 0 bridgehead atoms. The molecule has 1 heterocycles. The highest BCUT2D eigenvalue weighted by atomic mass is 16.5. The maximum Gasteiger partial charge on any atom is 0.118 e. The van der Waals surface area contributed by atoms with Crippen molar-refractivity contribution in [3.05, 3.63) is 83.7 Å². The molecule has 0 unspecified atom stereocenters. The van der Waals surface area contributed by atoms with Gasteiger partial charge in [-0.05, 0) is 59.5 Å². The van der Waals surface area contributed by atoms with Crippen molar-refractivity contribution >= 4 is 0 Å². The Bertz CT molecular complexity index is 943. The van der Waals surface area contributed by atoms with Gasteiger partial charge >= 0.3 is 0 Å². The molecular formula is C21H14N2O. The van der Waals surface area contributed by atoms with Crippen molar-refractivity contribution in [3.63, 3.8) is 0 Å². The minimum atomic E-state index is 0.577. The fraction of sp³-hybridized carbons (Fsp3) is 0.0476. The van der Waals surface area contributed by atoms with Crippen LogP contribution in [0.3, 0.4) is 0 Å². The number of pyridine rings is 1. The Balaban J connectivity index is 1.99. The summed E-state index contributed by atoms with van der Waals surface area (Å²) in [6.45, 7) is 0. The van der Waals surface area contributed by atoms with E-state index < -0.39 is 0 Å². The summed E-state index contributed by atoms with van der Waals surface area (Å²) in [5.74, 6) is 6.90. The zero-order valence-electron chi connectivity index (χ0n) is 13.2. The quantitative estimate of drug-likeness (QED) is 0.671. The van der Waals surface area contributed by atoms with Gasteiger partial charge in [-0.15, -0.1) is 0 Å². The Hall–Kier alpha value is -3.56. The van der Waals surface area contributed by atoms with E-state index in [0.29, 0.717) is 11.3 Å². The van der Waals surface area contributed by atoms with Crippen LogP contribution in [0.4, 0.5) is 0 Å². The second kappa shape index (κ2) is 7.13. The number of ether oxygens (including phenoxy) is 1. The van der Waals surface area contributed by atoms with E-state index >= 15 is 0 Å². The smallest absolute Gasteiger partial charge is 0.118 e. The van der Waals surface area contributed by atoms with Gasteiger partial charge in [-0.2, -0.15) is 5.26 Å². The molecule has 0 radical (unpaired) electrons. The molecule has 3 aromatic rings. The number of hydrogen-bond acceptors (Lipinski definition) is 3. The Kier molecular flexibility index (Phi) is 4.56. The van der Waals surface area contributed by atoms with Crippen LogP contribution in [-0.4, -0.2) is 12.1 Å². The van der Waals surface area contributed by atoms with Crippen molar-refractivity contribution in [2.75, 3.05) is 7.11 Å². The summed E-state index contributed by atoms with van der Waals surface area (Å²) < 4.78 is 5.18. The third-order valence-electron chi connectivity index (χ3n) is 3.49. The highest BCUT2D eigenvalue weighted by molar-refractivity contribution is 5.68. The average Bonchev–Trinajstić information content (AvgIpc) is 2.67. The predicted octanol–water partition coefficient (Wildman–Crippen LogP) is 4.03. The van der Waals surface area contributed by atoms with Gasteiger partial charge in [0.1, 0.15) is 11.4 Å². The molecule has 0 N–H and O–H groups in total. The van der Waals surface area contributed by atoms with Crippen molar-refractivity contribution in [2.24, 2.45) is 0 Å². The molecule has 2 aromatic carbocycles. The Morgan fingerprint density at radius 2 is 1.67 bits per heavy atom. The number of rotatable bonds is 2. The van der Waals surface area contributed by atoms with Crippen LogP contribution in [0.1, 0.15) is 16.8 Å². The molecule has 0 fully saturated rings. The number of hydrogen-bond donors (Lipinski definition) is 0. The van der Waals surface area contributed by atoms with Crippen LogP contribution in [-0.2, 0) is 0 Å². The van der Waals surface area contributed by atoms with Crippen molar-refractivity contribution < 1.29 is 4.74 Å². The summed E-state index contributed by atoms with van der Waals surface area (Å²) in [6, 6.07) is 21.1. The zero-order valence-corrected chi connectivity index (χ0v) is 13.2. The predicted molar refractivity (Wildman–Crippen MR) is 93.4 cm³/mol. The fourth-order valence-electron chi connectivity index (χ4n) is 2.29.